The number of aliphatic carboxylic acids is 1. The molecule has 0 fully saturated rings. The molecule has 4 heteroatoms. The number of carbonyl (C=O) groups excluding carboxylic acids is 1. The van der Waals surface area contributed by atoms with Gasteiger partial charge in [0.15, 0.2) is 0 Å². The molecule has 0 heterocycles. The van der Waals surface area contributed by atoms with E-state index in [1.807, 2.05) is 0 Å². The zero-order valence-electron chi connectivity index (χ0n) is 6.60. The number of carboxylic acid groups (broad SMARTS) is 1. The highest BCUT2D eigenvalue weighted by Crippen LogP contribution is 2.17. The fraction of sp³-hybridized carbons (Fsp3) is 0.111. The van der Waals surface area contributed by atoms with Crippen molar-refractivity contribution in [2.24, 2.45) is 0 Å². The molecule has 1 unspecified atom stereocenters. The van der Waals surface area contributed by atoms with Crippen LogP contribution in [0.5, 0.6) is 5.75 Å². The lowest BCUT2D eigenvalue weighted by Gasteiger charge is -2.03. The van der Waals surface area contributed by atoms with E-state index in [-0.39, 0.29) is 5.75 Å². The van der Waals surface area contributed by atoms with Gasteiger partial charge in [-0.2, -0.15) is 0 Å². The van der Waals surface area contributed by atoms with Crippen LogP contribution in [0.4, 0.5) is 0 Å². The molecule has 1 radical (unpaired) electrons. The van der Waals surface area contributed by atoms with Crippen molar-refractivity contribution in [1.29, 1.82) is 0 Å². The van der Waals surface area contributed by atoms with Crippen LogP contribution < -0.4 is 0 Å². The highest BCUT2D eigenvalue weighted by atomic mass is 16.4. The molecule has 1 rings (SSSR count). The quantitative estimate of drug-likeness (QED) is 0.669. The Morgan fingerprint density at radius 2 is 1.85 bits per heavy atom. The normalized spacial score (nSPS) is 12.0. The molecule has 0 spiro atoms. The Hall–Kier alpha value is -1.84. The van der Waals surface area contributed by atoms with E-state index in [1.54, 1.807) is 0 Å². The number of hydrogen-bond acceptors (Lipinski definition) is 3. The molecule has 0 aromatic heterocycles. The van der Waals surface area contributed by atoms with Crippen molar-refractivity contribution in [1.82, 2.24) is 0 Å². The number of phenolic OH excluding ortho intramolecular Hbond substituents is 1. The van der Waals surface area contributed by atoms with Gasteiger partial charge in [-0.15, -0.1) is 0 Å². The lowest BCUT2D eigenvalue weighted by Crippen LogP contribution is -2.12. The second-order valence-electron chi connectivity index (χ2n) is 2.48. The van der Waals surface area contributed by atoms with E-state index in [9.17, 15) is 9.59 Å². The molecular weight excluding hydrogens is 172 g/mol. The Bertz CT molecular complexity index is 315. The van der Waals surface area contributed by atoms with Crippen molar-refractivity contribution in [3.05, 3.63) is 29.8 Å². The molecule has 67 valence electrons. The maximum Gasteiger partial charge on any atom is 0.319 e. The molecule has 1 aromatic carbocycles. The van der Waals surface area contributed by atoms with Gasteiger partial charge in [0.25, 0.3) is 0 Å². The van der Waals surface area contributed by atoms with E-state index >= 15 is 0 Å². The number of rotatable bonds is 3. The van der Waals surface area contributed by atoms with E-state index in [0.29, 0.717) is 5.56 Å². The summed E-state index contributed by atoms with van der Waals surface area (Å²) in [6.07, 6.45) is 1.41. The molecule has 0 aliphatic carbocycles. The summed E-state index contributed by atoms with van der Waals surface area (Å²) in [5.41, 5.74) is 0.306. The summed E-state index contributed by atoms with van der Waals surface area (Å²) in [6.45, 7) is 0. The smallest absolute Gasteiger partial charge is 0.319 e. The largest absolute Gasteiger partial charge is 0.508 e. The zero-order chi connectivity index (χ0) is 9.84. The molecule has 2 N–H and O–H groups in total. The maximum atomic E-state index is 10.5. The molecule has 0 aliphatic heterocycles. The maximum absolute atomic E-state index is 10.5. The molecule has 13 heavy (non-hydrogen) atoms. The number of aromatic hydroxyl groups is 1. The molecular formula is C9H7O4. The first-order chi connectivity index (χ1) is 6.15. The summed E-state index contributed by atoms with van der Waals surface area (Å²) < 4.78 is 0. The van der Waals surface area contributed by atoms with Crippen LogP contribution in [0.15, 0.2) is 24.3 Å². The van der Waals surface area contributed by atoms with Gasteiger partial charge in [0.2, 0.25) is 6.29 Å². The fourth-order valence-electron chi connectivity index (χ4n) is 0.928. The van der Waals surface area contributed by atoms with E-state index in [0.717, 1.165) is 0 Å². The summed E-state index contributed by atoms with van der Waals surface area (Å²) in [6, 6.07) is 5.39. The van der Waals surface area contributed by atoms with E-state index in [1.165, 1.54) is 30.6 Å². The third kappa shape index (κ3) is 2.05. The van der Waals surface area contributed by atoms with E-state index < -0.39 is 11.9 Å². The molecule has 4 nitrogen and oxygen atoms in total. The van der Waals surface area contributed by atoms with Crippen molar-refractivity contribution < 1.29 is 19.8 Å². The molecule has 1 aromatic rings. The predicted molar refractivity (Wildman–Crippen MR) is 44.2 cm³/mol. The molecule has 0 bridgehead atoms. The minimum Gasteiger partial charge on any atom is -0.508 e. The molecule has 0 amide bonds. The highest BCUT2D eigenvalue weighted by Gasteiger charge is 2.19. The second kappa shape index (κ2) is 3.71. The Morgan fingerprint density at radius 1 is 1.31 bits per heavy atom. The van der Waals surface area contributed by atoms with Gasteiger partial charge in [-0.1, -0.05) is 12.1 Å². The molecule has 1 atom stereocenters. The van der Waals surface area contributed by atoms with Gasteiger partial charge in [0, 0.05) is 0 Å². The fourth-order valence-corrected chi connectivity index (χ4v) is 0.928. The Morgan fingerprint density at radius 3 is 2.23 bits per heavy atom. The van der Waals surface area contributed by atoms with Crippen molar-refractivity contribution >= 4 is 12.3 Å². The number of benzene rings is 1. The summed E-state index contributed by atoms with van der Waals surface area (Å²) in [5.74, 6) is -2.50. The number of carbonyl (C=O) groups is 1. The first-order valence-electron chi connectivity index (χ1n) is 3.54. The topological polar surface area (TPSA) is 74.6 Å². The molecule has 0 saturated heterocycles. The van der Waals surface area contributed by atoms with Gasteiger partial charge in [0.1, 0.15) is 11.7 Å². The lowest BCUT2D eigenvalue weighted by molar-refractivity contribution is -0.137. The zero-order valence-corrected chi connectivity index (χ0v) is 6.60. The predicted octanol–water partition coefficient (Wildman–Crippen LogP) is 0.670. The van der Waals surface area contributed by atoms with Crippen LogP contribution in [-0.4, -0.2) is 22.5 Å². The van der Waals surface area contributed by atoms with Gasteiger partial charge >= 0.3 is 5.97 Å². The third-order valence-corrected chi connectivity index (χ3v) is 1.59. The molecule has 0 aliphatic rings. The highest BCUT2D eigenvalue weighted by molar-refractivity contribution is 5.93. The molecule has 0 saturated carbocycles. The van der Waals surface area contributed by atoms with Crippen molar-refractivity contribution in [3.8, 4) is 5.75 Å². The summed E-state index contributed by atoms with van der Waals surface area (Å²) in [4.78, 5) is 20.8. The minimum atomic E-state index is -1.28. The standard InChI is InChI=1S/C9H7O4/c10-5-8(9(12)13)6-1-3-7(11)4-2-6/h1-4,8,11H,(H,12,13). The summed E-state index contributed by atoms with van der Waals surface area (Å²) >= 11 is 0. The third-order valence-electron chi connectivity index (χ3n) is 1.59. The average Bonchev–Trinajstić information content (AvgIpc) is 2.09. The van der Waals surface area contributed by atoms with Crippen LogP contribution in [-0.2, 0) is 9.59 Å². The van der Waals surface area contributed by atoms with Crippen LogP contribution in [0.25, 0.3) is 0 Å². The van der Waals surface area contributed by atoms with Crippen LogP contribution >= 0.6 is 0 Å². The summed E-state index contributed by atoms with van der Waals surface area (Å²) in [7, 11) is 0. The first-order valence-corrected chi connectivity index (χ1v) is 3.54. The van der Waals surface area contributed by atoms with Gasteiger partial charge in [-0.05, 0) is 17.7 Å². The van der Waals surface area contributed by atoms with Gasteiger partial charge in [-0.3, -0.25) is 9.59 Å². The monoisotopic (exact) mass is 179 g/mol. The van der Waals surface area contributed by atoms with Crippen LogP contribution in [0, 0.1) is 0 Å². The van der Waals surface area contributed by atoms with Crippen molar-refractivity contribution in [2.75, 3.05) is 0 Å². The van der Waals surface area contributed by atoms with Crippen LogP contribution in [0.3, 0.4) is 0 Å². The van der Waals surface area contributed by atoms with Crippen LogP contribution in [0.1, 0.15) is 11.5 Å². The van der Waals surface area contributed by atoms with Crippen LogP contribution in [0.2, 0.25) is 0 Å². The van der Waals surface area contributed by atoms with Crippen molar-refractivity contribution in [2.45, 2.75) is 5.92 Å². The number of hydrogen-bond donors (Lipinski definition) is 2. The van der Waals surface area contributed by atoms with Gasteiger partial charge in [0.05, 0.1) is 0 Å². The SMILES string of the molecule is O=[C]C(C(=O)O)c1ccc(O)cc1. The minimum absolute atomic E-state index is 0.0267. The van der Waals surface area contributed by atoms with Gasteiger partial charge < -0.3 is 10.2 Å². The number of carboxylic acids is 1. The Kier molecular flexibility index (Phi) is 2.64. The van der Waals surface area contributed by atoms with Crippen molar-refractivity contribution in [3.63, 3.8) is 0 Å². The second-order valence-corrected chi connectivity index (χ2v) is 2.48. The Labute approximate surface area is 74.4 Å². The van der Waals surface area contributed by atoms with E-state index in [2.05, 4.69) is 0 Å². The summed E-state index contributed by atoms with van der Waals surface area (Å²) in [5, 5.41) is 17.5. The number of phenols is 1. The average molecular weight is 179 g/mol. The van der Waals surface area contributed by atoms with E-state index in [4.69, 9.17) is 10.2 Å². The Balaban J connectivity index is 2.99. The lowest BCUT2D eigenvalue weighted by atomic mass is 10.0. The van der Waals surface area contributed by atoms with Gasteiger partial charge in [-0.25, -0.2) is 0 Å². The first kappa shape index (κ1) is 9.25.